The topological polar surface area (TPSA) is 58.6 Å². The number of carbonyl (C=O) groups excluding carboxylic acids is 2. The Bertz CT molecular complexity index is 448. The molecule has 1 N–H and O–H groups in total. The zero-order chi connectivity index (χ0) is 15.7. The van der Waals surface area contributed by atoms with E-state index in [9.17, 15) is 9.59 Å². The average Bonchev–Trinajstić information content (AvgIpc) is 2.48. The second-order valence-corrected chi connectivity index (χ2v) is 4.89. The molecule has 1 unspecified atom stereocenters. The highest BCUT2D eigenvalue weighted by atomic mass is 16.5. The summed E-state index contributed by atoms with van der Waals surface area (Å²) >= 11 is 0. The lowest BCUT2D eigenvalue weighted by Gasteiger charge is -2.28. The Morgan fingerprint density at radius 1 is 1.29 bits per heavy atom. The van der Waals surface area contributed by atoms with Crippen LogP contribution < -0.4 is 5.32 Å². The molecule has 0 aliphatic heterocycles. The molecule has 1 aromatic rings. The summed E-state index contributed by atoms with van der Waals surface area (Å²) in [5.74, 6) is -0.102. The molecular formula is C16H24N2O3. The first-order valence-electron chi connectivity index (χ1n) is 7.14. The molecule has 2 amide bonds. The largest absolute Gasteiger partial charge is 0.383 e. The van der Waals surface area contributed by atoms with Crippen LogP contribution in [-0.2, 0) is 14.3 Å². The first-order valence-corrected chi connectivity index (χ1v) is 7.14. The van der Waals surface area contributed by atoms with Gasteiger partial charge in [0.1, 0.15) is 0 Å². The molecule has 0 aliphatic rings. The number of amides is 2. The number of nitrogens with zero attached hydrogens (tertiary/aromatic N) is 1. The minimum Gasteiger partial charge on any atom is -0.383 e. The van der Waals surface area contributed by atoms with E-state index in [0.717, 1.165) is 5.56 Å². The summed E-state index contributed by atoms with van der Waals surface area (Å²) in [6, 6.07) is 9.76. The molecule has 0 fully saturated rings. The van der Waals surface area contributed by atoms with Crippen molar-refractivity contribution in [1.82, 2.24) is 10.2 Å². The van der Waals surface area contributed by atoms with E-state index in [-0.39, 0.29) is 17.9 Å². The van der Waals surface area contributed by atoms with E-state index in [0.29, 0.717) is 26.1 Å². The van der Waals surface area contributed by atoms with Crippen molar-refractivity contribution in [2.24, 2.45) is 0 Å². The first kappa shape index (κ1) is 17.2. The zero-order valence-corrected chi connectivity index (χ0v) is 13.0. The van der Waals surface area contributed by atoms with Gasteiger partial charge >= 0.3 is 0 Å². The molecule has 1 atom stereocenters. The van der Waals surface area contributed by atoms with E-state index in [1.165, 1.54) is 6.92 Å². The molecule has 1 aromatic carbocycles. The molecule has 0 bridgehead atoms. The third kappa shape index (κ3) is 5.95. The number of rotatable bonds is 8. The SMILES string of the molecule is COCCNC(=O)CCN(C(C)=O)C(C)c1ccccc1. The smallest absolute Gasteiger partial charge is 0.221 e. The number of benzene rings is 1. The van der Waals surface area contributed by atoms with Gasteiger partial charge in [-0.25, -0.2) is 0 Å². The van der Waals surface area contributed by atoms with E-state index < -0.39 is 0 Å². The predicted octanol–water partition coefficient (Wildman–Crippen LogP) is 1.75. The highest BCUT2D eigenvalue weighted by molar-refractivity contribution is 5.78. The Morgan fingerprint density at radius 2 is 1.95 bits per heavy atom. The molecule has 0 spiro atoms. The molecule has 0 aliphatic carbocycles. The highest BCUT2D eigenvalue weighted by Crippen LogP contribution is 2.20. The minimum atomic E-state index is -0.0708. The van der Waals surface area contributed by atoms with E-state index in [1.54, 1.807) is 12.0 Å². The lowest BCUT2D eigenvalue weighted by atomic mass is 10.1. The van der Waals surface area contributed by atoms with Crippen molar-refractivity contribution in [2.75, 3.05) is 26.8 Å². The molecular weight excluding hydrogens is 268 g/mol. The van der Waals surface area contributed by atoms with Crippen molar-refractivity contribution in [3.8, 4) is 0 Å². The van der Waals surface area contributed by atoms with Gasteiger partial charge in [0.25, 0.3) is 0 Å². The van der Waals surface area contributed by atoms with Crippen LogP contribution in [0.2, 0.25) is 0 Å². The summed E-state index contributed by atoms with van der Waals surface area (Å²) < 4.78 is 4.87. The lowest BCUT2D eigenvalue weighted by Crippen LogP contribution is -2.36. The van der Waals surface area contributed by atoms with Crippen LogP contribution in [0.4, 0.5) is 0 Å². The van der Waals surface area contributed by atoms with Crippen molar-refractivity contribution in [2.45, 2.75) is 26.3 Å². The summed E-state index contributed by atoms with van der Waals surface area (Å²) in [4.78, 5) is 25.2. The normalized spacial score (nSPS) is 11.8. The van der Waals surface area contributed by atoms with Crippen molar-refractivity contribution in [3.63, 3.8) is 0 Å². The summed E-state index contributed by atoms with van der Waals surface area (Å²) in [6.45, 7) is 4.89. The van der Waals surface area contributed by atoms with E-state index in [1.807, 2.05) is 37.3 Å². The molecule has 0 aromatic heterocycles. The Balaban J connectivity index is 2.54. The molecule has 0 saturated carbocycles. The number of hydrogen-bond acceptors (Lipinski definition) is 3. The van der Waals surface area contributed by atoms with Crippen LogP contribution in [-0.4, -0.2) is 43.5 Å². The van der Waals surface area contributed by atoms with Crippen LogP contribution in [0.15, 0.2) is 30.3 Å². The fourth-order valence-corrected chi connectivity index (χ4v) is 2.14. The van der Waals surface area contributed by atoms with Gasteiger partial charge in [-0.05, 0) is 12.5 Å². The summed E-state index contributed by atoms with van der Waals surface area (Å²) in [5, 5.41) is 2.75. The second-order valence-electron chi connectivity index (χ2n) is 4.89. The number of ether oxygens (including phenoxy) is 1. The standard InChI is InChI=1S/C16H24N2O3/c1-13(15-7-5-4-6-8-15)18(14(2)19)11-9-16(20)17-10-12-21-3/h4-8,13H,9-12H2,1-3H3,(H,17,20). The van der Waals surface area contributed by atoms with Crippen LogP contribution in [0.25, 0.3) is 0 Å². The maximum Gasteiger partial charge on any atom is 0.221 e. The van der Waals surface area contributed by atoms with Crippen molar-refractivity contribution < 1.29 is 14.3 Å². The zero-order valence-electron chi connectivity index (χ0n) is 13.0. The number of hydrogen-bond donors (Lipinski definition) is 1. The fourth-order valence-electron chi connectivity index (χ4n) is 2.14. The van der Waals surface area contributed by atoms with E-state index in [2.05, 4.69) is 5.32 Å². The molecule has 5 nitrogen and oxygen atoms in total. The maximum absolute atomic E-state index is 11.8. The van der Waals surface area contributed by atoms with E-state index >= 15 is 0 Å². The van der Waals surface area contributed by atoms with Gasteiger partial charge in [-0.15, -0.1) is 0 Å². The summed E-state index contributed by atoms with van der Waals surface area (Å²) in [5.41, 5.74) is 1.06. The van der Waals surface area contributed by atoms with Gasteiger partial charge in [0, 0.05) is 33.5 Å². The number of nitrogens with one attached hydrogen (secondary N) is 1. The van der Waals surface area contributed by atoms with Gasteiger partial charge in [-0.3, -0.25) is 9.59 Å². The van der Waals surface area contributed by atoms with E-state index in [4.69, 9.17) is 4.74 Å². The fraction of sp³-hybridized carbons (Fsp3) is 0.500. The maximum atomic E-state index is 11.8. The Labute approximate surface area is 126 Å². The van der Waals surface area contributed by atoms with Gasteiger partial charge in [0.2, 0.25) is 11.8 Å². The quantitative estimate of drug-likeness (QED) is 0.743. The summed E-state index contributed by atoms with van der Waals surface area (Å²) in [7, 11) is 1.59. The molecule has 116 valence electrons. The molecule has 21 heavy (non-hydrogen) atoms. The highest BCUT2D eigenvalue weighted by Gasteiger charge is 2.19. The monoisotopic (exact) mass is 292 g/mol. The molecule has 5 heteroatoms. The number of methoxy groups -OCH3 is 1. The minimum absolute atomic E-state index is 0.0314. The molecule has 1 rings (SSSR count). The van der Waals surface area contributed by atoms with Crippen LogP contribution in [0.1, 0.15) is 31.9 Å². The van der Waals surface area contributed by atoms with Crippen molar-refractivity contribution in [3.05, 3.63) is 35.9 Å². The summed E-state index contributed by atoms with van der Waals surface area (Å²) in [6.07, 6.45) is 0.292. The Morgan fingerprint density at radius 3 is 2.52 bits per heavy atom. The molecule has 0 radical (unpaired) electrons. The third-order valence-electron chi connectivity index (χ3n) is 3.36. The van der Waals surface area contributed by atoms with Gasteiger partial charge in [-0.1, -0.05) is 30.3 Å². The number of carbonyl (C=O) groups is 2. The van der Waals surface area contributed by atoms with Crippen LogP contribution >= 0.6 is 0 Å². The van der Waals surface area contributed by atoms with Crippen LogP contribution in [0.3, 0.4) is 0 Å². The average molecular weight is 292 g/mol. The van der Waals surface area contributed by atoms with Crippen molar-refractivity contribution >= 4 is 11.8 Å². The predicted molar refractivity (Wildman–Crippen MR) is 81.7 cm³/mol. The lowest BCUT2D eigenvalue weighted by molar-refractivity contribution is -0.131. The van der Waals surface area contributed by atoms with Gasteiger partial charge in [0.15, 0.2) is 0 Å². The Kier molecular flexibility index (Phi) is 7.46. The molecule has 0 heterocycles. The van der Waals surface area contributed by atoms with Crippen LogP contribution in [0, 0.1) is 0 Å². The van der Waals surface area contributed by atoms with Crippen LogP contribution in [0.5, 0.6) is 0 Å². The third-order valence-corrected chi connectivity index (χ3v) is 3.36. The second kappa shape index (κ2) is 9.13. The first-order chi connectivity index (χ1) is 10.1. The van der Waals surface area contributed by atoms with Gasteiger partial charge in [0.05, 0.1) is 12.6 Å². The van der Waals surface area contributed by atoms with Gasteiger partial charge in [-0.2, -0.15) is 0 Å². The Hall–Kier alpha value is -1.88. The van der Waals surface area contributed by atoms with Crippen molar-refractivity contribution in [1.29, 1.82) is 0 Å². The molecule has 0 saturated heterocycles. The van der Waals surface area contributed by atoms with Gasteiger partial charge < -0.3 is 15.0 Å².